The fourth-order valence-corrected chi connectivity index (χ4v) is 2.56. The summed E-state index contributed by atoms with van der Waals surface area (Å²) in [5, 5.41) is 3.49. The number of rotatable bonds is 0. The first-order valence-corrected chi connectivity index (χ1v) is 5.12. The van der Waals surface area contributed by atoms with E-state index in [9.17, 15) is 4.79 Å². The van der Waals surface area contributed by atoms with E-state index in [4.69, 9.17) is 0 Å². The average Bonchev–Trinajstić information content (AvgIpc) is 2.36. The van der Waals surface area contributed by atoms with E-state index in [0.717, 1.165) is 19.4 Å². The molecule has 1 amide bonds. The predicted octanol–water partition coefficient (Wildman–Crippen LogP) is 0.953. The van der Waals surface area contributed by atoms with Crippen LogP contribution in [0, 0.1) is 5.92 Å². The summed E-state index contributed by atoms with van der Waals surface area (Å²) in [5.74, 6) is 0.547. The topological polar surface area (TPSA) is 32.3 Å². The van der Waals surface area contributed by atoms with Gasteiger partial charge in [-0.05, 0) is 26.7 Å². The van der Waals surface area contributed by atoms with E-state index in [1.165, 1.54) is 0 Å². The standard InChI is InChI=1S/C10H18N2O/c1-7-4-5-10(3)11-8(2)6-12(10)9(7)13/h7-8,11H,4-6H2,1-3H3. The average molecular weight is 182 g/mol. The van der Waals surface area contributed by atoms with Gasteiger partial charge in [-0.1, -0.05) is 6.92 Å². The molecule has 2 aliphatic heterocycles. The molecule has 2 aliphatic rings. The Labute approximate surface area is 79.5 Å². The molecule has 3 unspecified atom stereocenters. The zero-order valence-corrected chi connectivity index (χ0v) is 8.63. The van der Waals surface area contributed by atoms with Crippen molar-refractivity contribution in [3.8, 4) is 0 Å². The fourth-order valence-electron chi connectivity index (χ4n) is 2.56. The summed E-state index contributed by atoms with van der Waals surface area (Å²) < 4.78 is 0. The lowest BCUT2D eigenvalue weighted by atomic mass is 9.91. The molecular formula is C10H18N2O. The van der Waals surface area contributed by atoms with Crippen molar-refractivity contribution in [2.24, 2.45) is 5.92 Å². The van der Waals surface area contributed by atoms with Crippen LogP contribution in [0.15, 0.2) is 0 Å². The van der Waals surface area contributed by atoms with Crippen LogP contribution in [0.5, 0.6) is 0 Å². The third-order valence-corrected chi connectivity index (χ3v) is 3.36. The van der Waals surface area contributed by atoms with Crippen LogP contribution >= 0.6 is 0 Å². The van der Waals surface area contributed by atoms with E-state index < -0.39 is 0 Å². The minimum atomic E-state index is -0.0526. The Kier molecular flexibility index (Phi) is 1.88. The monoisotopic (exact) mass is 182 g/mol. The van der Waals surface area contributed by atoms with Crippen molar-refractivity contribution in [1.29, 1.82) is 0 Å². The van der Waals surface area contributed by atoms with Crippen molar-refractivity contribution in [3.63, 3.8) is 0 Å². The maximum atomic E-state index is 11.8. The van der Waals surface area contributed by atoms with Gasteiger partial charge in [0.2, 0.25) is 5.91 Å². The lowest BCUT2D eigenvalue weighted by Crippen LogP contribution is -2.56. The van der Waals surface area contributed by atoms with E-state index in [0.29, 0.717) is 11.9 Å². The summed E-state index contributed by atoms with van der Waals surface area (Å²) in [5.41, 5.74) is -0.0526. The van der Waals surface area contributed by atoms with Crippen LogP contribution in [0.1, 0.15) is 33.6 Å². The Hall–Kier alpha value is -0.570. The maximum absolute atomic E-state index is 11.8. The molecule has 1 N–H and O–H groups in total. The number of amides is 1. The first-order valence-electron chi connectivity index (χ1n) is 5.12. The number of carbonyl (C=O) groups excluding carboxylic acids is 1. The van der Waals surface area contributed by atoms with Crippen molar-refractivity contribution >= 4 is 5.91 Å². The number of carbonyl (C=O) groups is 1. The molecule has 0 aromatic heterocycles. The molecule has 0 aromatic carbocycles. The summed E-state index contributed by atoms with van der Waals surface area (Å²) >= 11 is 0. The van der Waals surface area contributed by atoms with E-state index in [-0.39, 0.29) is 11.6 Å². The summed E-state index contributed by atoms with van der Waals surface area (Å²) in [6.07, 6.45) is 2.11. The van der Waals surface area contributed by atoms with Crippen LogP contribution in [0.25, 0.3) is 0 Å². The van der Waals surface area contributed by atoms with Gasteiger partial charge in [-0.25, -0.2) is 0 Å². The van der Waals surface area contributed by atoms with E-state index in [1.54, 1.807) is 0 Å². The van der Waals surface area contributed by atoms with Gasteiger partial charge in [0.25, 0.3) is 0 Å². The Balaban J connectivity index is 2.23. The molecule has 74 valence electrons. The molecule has 0 aromatic rings. The third-order valence-electron chi connectivity index (χ3n) is 3.36. The van der Waals surface area contributed by atoms with Gasteiger partial charge in [-0.15, -0.1) is 0 Å². The van der Waals surface area contributed by atoms with Crippen LogP contribution in [0.4, 0.5) is 0 Å². The zero-order valence-electron chi connectivity index (χ0n) is 8.63. The Morgan fingerprint density at radius 2 is 2.23 bits per heavy atom. The highest BCUT2D eigenvalue weighted by Gasteiger charge is 2.46. The number of hydrogen-bond acceptors (Lipinski definition) is 2. The lowest BCUT2D eigenvalue weighted by Gasteiger charge is -2.41. The van der Waals surface area contributed by atoms with Crippen LogP contribution in [-0.2, 0) is 4.79 Å². The molecule has 0 spiro atoms. The molecule has 13 heavy (non-hydrogen) atoms. The quantitative estimate of drug-likeness (QED) is 0.605. The molecule has 3 nitrogen and oxygen atoms in total. The molecule has 3 atom stereocenters. The van der Waals surface area contributed by atoms with Crippen LogP contribution in [0.2, 0.25) is 0 Å². The van der Waals surface area contributed by atoms with Crippen molar-refractivity contribution in [2.75, 3.05) is 6.54 Å². The highest BCUT2D eigenvalue weighted by molar-refractivity contribution is 5.80. The minimum absolute atomic E-state index is 0.0526. The van der Waals surface area contributed by atoms with E-state index in [2.05, 4.69) is 19.2 Å². The van der Waals surface area contributed by atoms with Gasteiger partial charge in [0.05, 0.1) is 5.66 Å². The summed E-state index contributed by atoms with van der Waals surface area (Å²) in [6, 6.07) is 0.444. The highest BCUT2D eigenvalue weighted by atomic mass is 16.2. The van der Waals surface area contributed by atoms with Gasteiger partial charge in [-0.2, -0.15) is 0 Å². The molecule has 0 bridgehead atoms. The van der Waals surface area contributed by atoms with Crippen LogP contribution in [-0.4, -0.2) is 29.1 Å². The second-order valence-corrected chi connectivity index (χ2v) is 4.71. The number of nitrogens with zero attached hydrogens (tertiary/aromatic N) is 1. The Morgan fingerprint density at radius 3 is 2.92 bits per heavy atom. The normalized spacial score (nSPS) is 45.2. The van der Waals surface area contributed by atoms with Gasteiger partial charge >= 0.3 is 0 Å². The van der Waals surface area contributed by atoms with Crippen molar-refractivity contribution in [1.82, 2.24) is 10.2 Å². The number of hydrogen-bond donors (Lipinski definition) is 1. The second kappa shape index (κ2) is 2.71. The molecule has 2 heterocycles. The fraction of sp³-hybridized carbons (Fsp3) is 0.900. The SMILES string of the molecule is CC1CN2C(=O)C(C)CCC2(C)N1. The molecule has 0 radical (unpaired) electrons. The van der Waals surface area contributed by atoms with Crippen LogP contribution < -0.4 is 5.32 Å². The smallest absolute Gasteiger partial charge is 0.226 e. The van der Waals surface area contributed by atoms with Gasteiger partial charge < -0.3 is 4.90 Å². The number of piperidine rings is 1. The summed E-state index contributed by atoms with van der Waals surface area (Å²) in [4.78, 5) is 13.9. The predicted molar refractivity (Wildman–Crippen MR) is 51.1 cm³/mol. The largest absolute Gasteiger partial charge is 0.323 e. The number of nitrogens with one attached hydrogen (secondary N) is 1. The minimum Gasteiger partial charge on any atom is -0.323 e. The van der Waals surface area contributed by atoms with Crippen molar-refractivity contribution in [2.45, 2.75) is 45.3 Å². The highest BCUT2D eigenvalue weighted by Crippen LogP contribution is 2.33. The van der Waals surface area contributed by atoms with Gasteiger partial charge in [0.15, 0.2) is 0 Å². The van der Waals surface area contributed by atoms with Crippen molar-refractivity contribution < 1.29 is 4.79 Å². The molecule has 3 heteroatoms. The van der Waals surface area contributed by atoms with Crippen molar-refractivity contribution in [3.05, 3.63) is 0 Å². The molecule has 2 rings (SSSR count). The van der Waals surface area contributed by atoms with E-state index >= 15 is 0 Å². The molecule has 2 fully saturated rings. The van der Waals surface area contributed by atoms with Gasteiger partial charge in [0, 0.05) is 18.5 Å². The lowest BCUT2D eigenvalue weighted by molar-refractivity contribution is -0.144. The first-order chi connectivity index (χ1) is 6.03. The van der Waals surface area contributed by atoms with Crippen LogP contribution in [0.3, 0.4) is 0 Å². The first kappa shape index (κ1) is 9.00. The Morgan fingerprint density at radius 1 is 1.54 bits per heavy atom. The zero-order chi connectivity index (χ0) is 9.64. The summed E-state index contributed by atoms with van der Waals surface area (Å²) in [7, 11) is 0. The molecule has 2 saturated heterocycles. The molecule has 0 aliphatic carbocycles. The molecular weight excluding hydrogens is 164 g/mol. The Bertz CT molecular complexity index is 241. The van der Waals surface area contributed by atoms with Gasteiger partial charge in [-0.3, -0.25) is 10.1 Å². The van der Waals surface area contributed by atoms with E-state index in [1.807, 2.05) is 11.8 Å². The maximum Gasteiger partial charge on any atom is 0.226 e. The number of fused-ring (bicyclic) bond motifs is 1. The third kappa shape index (κ3) is 1.26. The summed E-state index contributed by atoms with van der Waals surface area (Å²) in [6.45, 7) is 7.19. The molecule has 0 saturated carbocycles. The van der Waals surface area contributed by atoms with Gasteiger partial charge in [0.1, 0.15) is 0 Å². The second-order valence-electron chi connectivity index (χ2n) is 4.71.